The smallest absolute Gasteiger partial charge is 0.119 e. The molecule has 1 aliphatic heterocycles. The summed E-state index contributed by atoms with van der Waals surface area (Å²) in [4.78, 5) is 2.65. The summed E-state index contributed by atoms with van der Waals surface area (Å²) in [5.41, 5.74) is 6.89. The van der Waals surface area contributed by atoms with E-state index in [9.17, 15) is 0 Å². The van der Waals surface area contributed by atoms with Crippen molar-refractivity contribution < 1.29 is 4.74 Å². The Morgan fingerprint density at radius 1 is 1.21 bits per heavy atom. The summed E-state index contributed by atoms with van der Waals surface area (Å²) in [6, 6.07) is 10.7. The molecule has 0 bridgehead atoms. The molecule has 29 heavy (non-hydrogen) atoms. The second-order valence-electron chi connectivity index (χ2n) is 8.96. The van der Waals surface area contributed by atoms with Gasteiger partial charge in [0.2, 0.25) is 0 Å². The zero-order chi connectivity index (χ0) is 19.4. The van der Waals surface area contributed by atoms with Gasteiger partial charge in [-0.3, -0.25) is 9.58 Å². The van der Waals surface area contributed by atoms with Gasteiger partial charge in [0.25, 0.3) is 0 Å². The van der Waals surface area contributed by atoms with E-state index in [4.69, 9.17) is 9.84 Å². The van der Waals surface area contributed by atoms with Gasteiger partial charge in [-0.25, -0.2) is 0 Å². The molecule has 6 rings (SSSR count). The quantitative estimate of drug-likeness (QED) is 0.590. The van der Waals surface area contributed by atoms with Gasteiger partial charge in [-0.05, 0) is 65.6 Å². The van der Waals surface area contributed by atoms with E-state index in [1.165, 1.54) is 53.9 Å². The van der Waals surface area contributed by atoms with Crippen molar-refractivity contribution in [1.29, 1.82) is 0 Å². The first-order valence-electron chi connectivity index (χ1n) is 10.8. The van der Waals surface area contributed by atoms with Crippen LogP contribution in [0, 0.1) is 11.8 Å². The van der Waals surface area contributed by atoms with Crippen LogP contribution in [0.1, 0.15) is 35.6 Å². The molecular weight excluding hydrogens is 378 g/mol. The number of hydrogen-bond donors (Lipinski definition) is 0. The monoisotopic (exact) mass is 405 g/mol. The molecule has 2 fully saturated rings. The fourth-order valence-electron chi connectivity index (χ4n) is 5.31. The second kappa shape index (κ2) is 6.99. The van der Waals surface area contributed by atoms with E-state index in [2.05, 4.69) is 44.6 Å². The van der Waals surface area contributed by atoms with Crippen molar-refractivity contribution >= 4 is 11.3 Å². The van der Waals surface area contributed by atoms with Gasteiger partial charge in [-0.1, -0.05) is 12.1 Å². The predicted octanol–water partition coefficient (Wildman–Crippen LogP) is 4.80. The first kappa shape index (κ1) is 17.7. The van der Waals surface area contributed by atoms with E-state index >= 15 is 0 Å². The highest BCUT2D eigenvalue weighted by Gasteiger charge is 2.44. The SMILES string of the molecule is COc1cccc(-c2nn(CC3CC3)c3c2[C@H]2CN(Cc4ccsc4)C[C@H]2C3)c1. The van der Waals surface area contributed by atoms with E-state index in [1.807, 2.05) is 6.07 Å². The maximum absolute atomic E-state index is 5.50. The first-order valence-corrected chi connectivity index (χ1v) is 11.7. The molecule has 1 saturated carbocycles. The molecule has 3 heterocycles. The fraction of sp³-hybridized carbons (Fsp3) is 0.458. The molecule has 4 nitrogen and oxygen atoms in total. The Kier molecular flexibility index (Phi) is 4.27. The van der Waals surface area contributed by atoms with Crippen LogP contribution >= 0.6 is 11.3 Å². The van der Waals surface area contributed by atoms with Crippen LogP contribution in [-0.2, 0) is 19.5 Å². The third kappa shape index (κ3) is 3.21. The van der Waals surface area contributed by atoms with Crippen LogP contribution in [0.15, 0.2) is 41.1 Å². The summed E-state index contributed by atoms with van der Waals surface area (Å²) in [6.07, 6.45) is 3.92. The molecule has 3 aromatic rings. The Balaban J connectivity index is 1.35. The number of aromatic nitrogens is 2. The Morgan fingerprint density at radius 3 is 2.93 bits per heavy atom. The minimum Gasteiger partial charge on any atom is -0.497 e. The van der Waals surface area contributed by atoms with Gasteiger partial charge < -0.3 is 4.74 Å². The van der Waals surface area contributed by atoms with Gasteiger partial charge in [0.1, 0.15) is 5.75 Å². The highest BCUT2D eigenvalue weighted by atomic mass is 32.1. The van der Waals surface area contributed by atoms with E-state index < -0.39 is 0 Å². The van der Waals surface area contributed by atoms with E-state index in [1.54, 1.807) is 18.4 Å². The normalized spacial score (nSPS) is 23.3. The number of nitrogens with zero attached hydrogens (tertiary/aromatic N) is 3. The maximum Gasteiger partial charge on any atom is 0.119 e. The molecule has 0 radical (unpaired) electrons. The number of fused-ring (bicyclic) bond motifs is 3. The molecule has 0 N–H and O–H groups in total. The van der Waals surface area contributed by atoms with Crippen LogP contribution in [0.3, 0.4) is 0 Å². The van der Waals surface area contributed by atoms with Gasteiger partial charge >= 0.3 is 0 Å². The molecule has 2 aliphatic carbocycles. The van der Waals surface area contributed by atoms with Crippen molar-refractivity contribution in [3.63, 3.8) is 0 Å². The third-order valence-electron chi connectivity index (χ3n) is 6.90. The third-order valence-corrected chi connectivity index (χ3v) is 7.63. The first-order chi connectivity index (χ1) is 14.3. The maximum atomic E-state index is 5.50. The van der Waals surface area contributed by atoms with E-state index in [-0.39, 0.29) is 0 Å². The molecule has 0 amide bonds. The Hall–Kier alpha value is -2.11. The lowest BCUT2D eigenvalue weighted by molar-refractivity contribution is 0.313. The molecule has 1 aromatic carbocycles. The van der Waals surface area contributed by atoms with Gasteiger partial charge in [0, 0.05) is 48.9 Å². The molecule has 3 aliphatic rings. The van der Waals surface area contributed by atoms with E-state index in [0.29, 0.717) is 5.92 Å². The molecule has 5 heteroatoms. The number of likely N-dealkylation sites (tertiary alicyclic amines) is 1. The molecule has 0 spiro atoms. The minimum atomic E-state index is 0.609. The molecule has 0 unspecified atom stereocenters. The van der Waals surface area contributed by atoms with Gasteiger partial charge in [0.05, 0.1) is 12.8 Å². The van der Waals surface area contributed by atoms with Gasteiger partial charge in [0.15, 0.2) is 0 Å². The summed E-state index contributed by atoms with van der Waals surface area (Å²) in [5, 5.41) is 9.64. The summed E-state index contributed by atoms with van der Waals surface area (Å²) in [6.45, 7) is 4.54. The summed E-state index contributed by atoms with van der Waals surface area (Å²) < 4.78 is 7.86. The summed E-state index contributed by atoms with van der Waals surface area (Å²) in [5.74, 6) is 3.09. The Bertz CT molecular complexity index is 1020. The second-order valence-corrected chi connectivity index (χ2v) is 9.74. The lowest BCUT2D eigenvalue weighted by atomic mass is 9.94. The van der Waals surface area contributed by atoms with Crippen LogP contribution in [0.5, 0.6) is 5.75 Å². The highest BCUT2D eigenvalue weighted by molar-refractivity contribution is 7.07. The number of hydrogen-bond acceptors (Lipinski definition) is 4. The van der Waals surface area contributed by atoms with Crippen LogP contribution in [-0.4, -0.2) is 34.9 Å². The molecule has 1 saturated heterocycles. The van der Waals surface area contributed by atoms with Crippen LogP contribution < -0.4 is 4.74 Å². The highest BCUT2D eigenvalue weighted by Crippen LogP contribution is 2.48. The number of rotatable bonds is 6. The minimum absolute atomic E-state index is 0.609. The van der Waals surface area contributed by atoms with Crippen LogP contribution in [0.4, 0.5) is 0 Å². The predicted molar refractivity (Wildman–Crippen MR) is 116 cm³/mol. The Morgan fingerprint density at radius 2 is 2.14 bits per heavy atom. The largest absolute Gasteiger partial charge is 0.497 e. The molecular formula is C24H27N3OS. The van der Waals surface area contributed by atoms with Gasteiger partial charge in [-0.15, -0.1) is 0 Å². The molecule has 2 aromatic heterocycles. The van der Waals surface area contributed by atoms with E-state index in [0.717, 1.165) is 37.2 Å². The van der Waals surface area contributed by atoms with Crippen molar-refractivity contribution in [2.45, 2.75) is 38.3 Å². The zero-order valence-corrected chi connectivity index (χ0v) is 17.7. The molecule has 2 atom stereocenters. The fourth-order valence-corrected chi connectivity index (χ4v) is 5.97. The number of ether oxygens (including phenoxy) is 1. The topological polar surface area (TPSA) is 30.3 Å². The molecule has 150 valence electrons. The average molecular weight is 406 g/mol. The van der Waals surface area contributed by atoms with Crippen molar-refractivity contribution in [2.75, 3.05) is 20.2 Å². The summed E-state index contributed by atoms with van der Waals surface area (Å²) in [7, 11) is 1.74. The van der Waals surface area contributed by atoms with Gasteiger partial charge in [-0.2, -0.15) is 16.4 Å². The summed E-state index contributed by atoms with van der Waals surface area (Å²) >= 11 is 1.80. The van der Waals surface area contributed by atoms with Crippen molar-refractivity contribution in [2.24, 2.45) is 11.8 Å². The van der Waals surface area contributed by atoms with Crippen LogP contribution in [0.25, 0.3) is 11.3 Å². The zero-order valence-electron chi connectivity index (χ0n) is 16.9. The number of thiophene rings is 1. The van der Waals surface area contributed by atoms with Crippen molar-refractivity contribution in [1.82, 2.24) is 14.7 Å². The lowest BCUT2D eigenvalue weighted by Crippen LogP contribution is -2.21. The van der Waals surface area contributed by atoms with Crippen molar-refractivity contribution in [3.05, 3.63) is 57.9 Å². The average Bonchev–Trinajstić information content (AvgIpc) is 3.07. The van der Waals surface area contributed by atoms with Crippen LogP contribution in [0.2, 0.25) is 0 Å². The van der Waals surface area contributed by atoms with Crippen molar-refractivity contribution in [3.8, 4) is 17.0 Å². The lowest BCUT2D eigenvalue weighted by Gasteiger charge is -2.16. The Labute approximate surface area is 176 Å². The number of methoxy groups -OCH3 is 1. The standard InChI is InChI=1S/C24H27N3OS/c1-28-20-4-2-3-18(9-20)24-23-21-14-26(11-17-7-8-29-15-17)13-19(21)10-22(23)27(25-24)12-16-5-6-16/h2-4,7-9,15-16,19,21H,5-6,10-14H2,1H3/t19-,21+/m1/s1. The number of benzene rings is 1.